The minimum absolute atomic E-state index is 0.252. The third-order valence-electron chi connectivity index (χ3n) is 5.02. The van der Waals surface area contributed by atoms with E-state index in [1.165, 1.54) is 13.2 Å². The van der Waals surface area contributed by atoms with Crippen LogP contribution in [0.15, 0.2) is 42.5 Å². The molecule has 0 aromatic heterocycles. The molecule has 2 atom stereocenters. The van der Waals surface area contributed by atoms with Gasteiger partial charge in [-0.05, 0) is 55.2 Å². The molecule has 9 heteroatoms. The van der Waals surface area contributed by atoms with Crippen LogP contribution in [0.25, 0.3) is 0 Å². The monoisotopic (exact) mass is 482 g/mol. The number of amides is 1. The Balaban J connectivity index is 2.34. The van der Waals surface area contributed by atoms with Crippen molar-refractivity contribution in [1.82, 2.24) is 5.32 Å². The number of benzene rings is 2. The number of carbonyl (C=O) groups is 1. The summed E-state index contributed by atoms with van der Waals surface area (Å²) in [6.07, 6.45) is 1.75. The first-order valence-electron chi connectivity index (χ1n) is 10.2. The summed E-state index contributed by atoms with van der Waals surface area (Å²) in [5.74, 6) is 1.03. The Morgan fingerprint density at radius 1 is 1.06 bits per heavy atom. The average Bonchev–Trinajstić information content (AvgIpc) is 2.72. The molecule has 0 unspecified atom stereocenters. The molecule has 0 bridgehead atoms. The van der Waals surface area contributed by atoms with Gasteiger partial charge in [-0.15, -0.1) is 0 Å². The summed E-state index contributed by atoms with van der Waals surface area (Å²) in [7, 11) is -0.710. The van der Waals surface area contributed by atoms with Crippen molar-refractivity contribution < 1.29 is 22.7 Å². The van der Waals surface area contributed by atoms with E-state index < -0.39 is 22.0 Å². The number of rotatable bonds is 10. The van der Waals surface area contributed by atoms with Gasteiger partial charge >= 0.3 is 0 Å². The first-order valence-corrected chi connectivity index (χ1v) is 12.5. The summed E-state index contributed by atoms with van der Waals surface area (Å²) in [5.41, 5.74) is 1.20. The summed E-state index contributed by atoms with van der Waals surface area (Å²) in [6.45, 7) is 5.68. The van der Waals surface area contributed by atoms with Crippen molar-refractivity contribution in [2.75, 3.05) is 24.8 Å². The zero-order chi connectivity index (χ0) is 24.1. The highest BCUT2D eigenvalue weighted by Crippen LogP contribution is 2.31. The lowest BCUT2D eigenvalue weighted by atomic mass is 9.96. The fourth-order valence-electron chi connectivity index (χ4n) is 3.48. The molecule has 2 rings (SSSR count). The maximum atomic E-state index is 13.2. The van der Waals surface area contributed by atoms with Gasteiger partial charge in [0.25, 0.3) is 0 Å². The van der Waals surface area contributed by atoms with E-state index in [4.69, 9.17) is 21.1 Å². The van der Waals surface area contributed by atoms with Crippen LogP contribution in [0.1, 0.15) is 38.8 Å². The Hall–Kier alpha value is -2.45. The first-order chi connectivity index (χ1) is 15.0. The van der Waals surface area contributed by atoms with Gasteiger partial charge < -0.3 is 14.8 Å². The van der Waals surface area contributed by atoms with Gasteiger partial charge in [0.05, 0.1) is 37.2 Å². The summed E-state index contributed by atoms with van der Waals surface area (Å²) >= 11 is 6.20. The number of halogens is 1. The van der Waals surface area contributed by atoms with Crippen LogP contribution in [0.5, 0.6) is 11.5 Å². The highest BCUT2D eigenvalue weighted by atomic mass is 35.5. The molecule has 0 heterocycles. The van der Waals surface area contributed by atoms with Crippen LogP contribution in [-0.4, -0.2) is 40.8 Å². The third kappa shape index (κ3) is 6.53. The molecule has 0 aliphatic heterocycles. The Bertz CT molecular complexity index is 1030. The molecule has 1 amide bonds. The topological polar surface area (TPSA) is 84.9 Å². The molecule has 2 aromatic carbocycles. The number of methoxy groups -OCH3 is 2. The van der Waals surface area contributed by atoms with Crippen LogP contribution in [0.3, 0.4) is 0 Å². The zero-order valence-corrected chi connectivity index (χ0v) is 20.8. The fraction of sp³-hybridized carbons (Fsp3) is 0.435. The molecule has 176 valence electrons. The molecular weight excluding hydrogens is 452 g/mol. The summed E-state index contributed by atoms with van der Waals surface area (Å²) < 4.78 is 36.6. The van der Waals surface area contributed by atoms with Gasteiger partial charge in [-0.1, -0.05) is 37.6 Å². The minimum Gasteiger partial charge on any atom is -0.497 e. The summed E-state index contributed by atoms with van der Waals surface area (Å²) in [6, 6.07) is 10.8. The number of anilines is 1. The minimum atomic E-state index is -3.77. The molecule has 32 heavy (non-hydrogen) atoms. The normalized spacial score (nSPS) is 13.4. The van der Waals surface area contributed by atoms with Crippen molar-refractivity contribution in [2.24, 2.45) is 5.92 Å². The van der Waals surface area contributed by atoms with Gasteiger partial charge in [-0.25, -0.2) is 8.42 Å². The molecule has 1 N–H and O–H groups in total. The molecule has 0 aliphatic rings. The smallest absolute Gasteiger partial charge is 0.244 e. The van der Waals surface area contributed by atoms with Gasteiger partial charge in [-0.3, -0.25) is 9.10 Å². The Kier molecular flexibility index (Phi) is 8.81. The van der Waals surface area contributed by atoms with E-state index in [-0.39, 0.29) is 16.8 Å². The highest BCUT2D eigenvalue weighted by molar-refractivity contribution is 7.92. The van der Waals surface area contributed by atoms with E-state index in [1.54, 1.807) is 26.2 Å². The molecular formula is C23H31ClN2O5S. The van der Waals surface area contributed by atoms with Crippen molar-refractivity contribution in [3.63, 3.8) is 0 Å². The standard InChI is InChI=1S/C23H31ClN2O5S/c1-15(2)13-21(17-7-10-19(30-4)11-8-17)25-23(27)16(3)26(32(6,28)29)18-9-12-22(31-5)20(24)14-18/h7-12,14-16,21H,13H2,1-6H3,(H,25,27)/t16-,21+/m1/s1. The second kappa shape index (κ2) is 10.9. The molecule has 0 saturated carbocycles. The number of hydrogen-bond acceptors (Lipinski definition) is 5. The Morgan fingerprint density at radius 2 is 1.69 bits per heavy atom. The second-order valence-corrected chi connectivity index (χ2v) is 10.3. The van der Waals surface area contributed by atoms with E-state index in [9.17, 15) is 13.2 Å². The number of nitrogens with zero attached hydrogens (tertiary/aromatic N) is 1. The molecule has 0 spiro atoms. The van der Waals surface area contributed by atoms with Gasteiger partial charge in [0, 0.05) is 0 Å². The van der Waals surface area contributed by atoms with E-state index in [0.29, 0.717) is 18.1 Å². The number of sulfonamides is 1. The van der Waals surface area contributed by atoms with Crippen LogP contribution < -0.4 is 19.1 Å². The van der Waals surface area contributed by atoms with Crippen LogP contribution in [-0.2, 0) is 14.8 Å². The molecule has 0 radical (unpaired) electrons. The van der Waals surface area contributed by atoms with Crippen molar-refractivity contribution >= 4 is 33.2 Å². The SMILES string of the molecule is COc1ccc([C@H](CC(C)C)NC(=O)[C@@H](C)N(c2ccc(OC)c(Cl)c2)S(C)(=O)=O)cc1. The van der Waals surface area contributed by atoms with Crippen LogP contribution in [0, 0.1) is 5.92 Å². The fourth-order valence-corrected chi connectivity index (χ4v) is 4.90. The quantitative estimate of drug-likeness (QED) is 0.542. The lowest BCUT2D eigenvalue weighted by Crippen LogP contribution is -2.48. The molecule has 0 fully saturated rings. The maximum Gasteiger partial charge on any atom is 0.244 e. The lowest BCUT2D eigenvalue weighted by molar-refractivity contribution is -0.122. The summed E-state index contributed by atoms with van der Waals surface area (Å²) in [4.78, 5) is 13.2. The largest absolute Gasteiger partial charge is 0.497 e. The number of hydrogen-bond donors (Lipinski definition) is 1. The van der Waals surface area contributed by atoms with Crippen molar-refractivity contribution in [3.8, 4) is 11.5 Å². The predicted octanol–water partition coefficient (Wildman–Crippen LogP) is 4.42. The zero-order valence-electron chi connectivity index (χ0n) is 19.3. The van der Waals surface area contributed by atoms with Gasteiger partial charge in [0.15, 0.2) is 0 Å². The Morgan fingerprint density at radius 3 is 2.16 bits per heavy atom. The molecule has 0 aliphatic carbocycles. The van der Waals surface area contributed by atoms with E-state index in [0.717, 1.165) is 21.9 Å². The van der Waals surface area contributed by atoms with Crippen molar-refractivity contribution in [3.05, 3.63) is 53.1 Å². The number of nitrogens with one attached hydrogen (secondary N) is 1. The van der Waals surface area contributed by atoms with Crippen molar-refractivity contribution in [1.29, 1.82) is 0 Å². The van der Waals surface area contributed by atoms with Crippen molar-refractivity contribution in [2.45, 2.75) is 39.3 Å². The molecule has 0 saturated heterocycles. The van der Waals surface area contributed by atoms with E-state index in [2.05, 4.69) is 19.2 Å². The third-order valence-corrected chi connectivity index (χ3v) is 6.56. The number of ether oxygens (including phenoxy) is 2. The van der Waals surface area contributed by atoms with E-state index in [1.807, 2.05) is 24.3 Å². The first kappa shape index (κ1) is 25.8. The van der Waals surface area contributed by atoms with Crippen LogP contribution in [0.4, 0.5) is 5.69 Å². The molecule has 2 aromatic rings. The van der Waals surface area contributed by atoms with Gasteiger partial charge in [0.2, 0.25) is 15.9 Å². The predicted molar refractivity (Wildman–Crippen MR) is 128 cm³/mol. The molecule has 7 nitrogen and oxygen atoms in total. The van der Waals surface area contributed by atoms with Gasteiger partial charge in [0.1, 0.15) is 17.5 Å². The average molecular weight is 483 g/mol. The van der Waals surface area contributed by atoms with Crippen LogP contribution in [0.2, 0.25) is 5.02 Å². The Labute approximate surface area is 195 Å². The van der Waals surface area contributed by atoms with E-state index >= 15 is 0 Å². The van der Waals surface area contributed by atoms with Crippen LogP contribution >= 0.6 is 11.6 Å². The highest BCUT2D eigenvalue weighted by Gasteiger charge is 2.31. The summed E-state index contributed by atoms with van der Waals surface area (Å²) in [5, 5.41) is 3.27. The lowest BCUT2D eigenvalue weighted by Gasteiger charge is -2.30. The maximum absolute atomic E-state index is 13.2. The second-order valence-electron chi connectivity index (χ2n) is 8.02. The number of carbonyl (C=O) groups excluding carboxylic acids is 1. The van der Waals surface area contributed by atoms with Gasteiger partial charge in [-0.2, -0.15) is 0 Å².